The molecule has 5 rings (SSSR count). The standard InChI is InChI=1S/C21H40N6O2/c1-2-7-22-17(4-1)15-27-9-3-5-18(27)21-24-20(25-29-21)16-6-8-23-19(14-16)26-10-12-28-13-11-26/h16-25H,1-15H2/p+2. The maximum Gasteiger partial charge on any atom is 0.183 e. The van der Waals surface area contributed by atoms with Crippen LogP contribution in [0.25, 0.3) is 0 Å². The molecular formula is C21H42N6O2+2. The van der Waals surface area contributed by atoms with Gasteiger partial charge in [-0.05, 0) is 19.4 Å². The molecule has 0 aromatic rings. The van der Waals surface area contributed by atoms with E-state index in [1.807, 2.05) is 0 Å². The Morgan fingerprint density at radius 1 is 1.07 bits per heavy atom. The van der Waals surface area contributed by atoms with Gasteiger partial charge in [0.2, 0.25) is 0 Å². The quantitative estimate of drug-likeness (QED) is 0.347. The second kappa shape index (κ2) is 9.87. The normalized spacial score (nSPS) is 44.9. The monoisotopic (exact) mass is 410 g/mol. The van der Waals surface area contributed by atoms with E-state index in [0.717, 1.165) is 26.3 Å². The van der Waals surface area contributed by atoms with Crippen LogP contribution in [-0.4, -0.2) is 88.0 Å². The molecule has 0 saturated carbocycles. The van der Waals surface area contributed by atoms with Crippen molar-refractivity contribution in [3.63, 3.8) is 0 Å². The summed E-state index contributed by atoms with van der Waals surface area (Å²) in [6, 6.07) is 1.29. The predicted octanol–water partition coefficient (Wildman–Crippen LogP) is -2.42. The van der Waals surface area contributed by atoms with Gasteiger partial charge in [0.15, 0.2) is 6.23 Å². The number of quaternary nitrogens is 2. The van der Waals surface area contributed by atoms with E-state index in [4.69, 9.17) is 9.57 Å². The summed E-state index contributed by atoms with van der Waals surface area (Å²) < 4.78 is 5.55. The molecule has 6 N–H and O–H groups in total. The number of morpholine rings is 1. The number of piperidine rings is 2. The van der Waals surface area contributed by atoms with Crippen LogP contribution in [0.15, 0.2) is 0 Å². The number of likely N-dealkylation sites (tertiary alicyclic amines) is 1. The van der Waals surface area contributed by atoms with E-state index in [0.29, 0.717) is 30.3 Å². The third-order valence-corrected chi connectivity index (χ3v) is 8.00. The molecular weight excluding hydrogens is 368 g/mol. The second-order valence-corrected chi connectivity index (χ2v) is 9.83. The maximum atomic E-state index is 6.16. The first-order valence-electron chi connectivity index (χ1n) is 12.3. The highest BCUT2D eigenvalue weighted by atomic mass is 16.7. The summed E-state index contributed by atoms with van der Waals surface area (Å²) in [5, 5.41) is 10.1. The second-order valence-electron chi connectivity index (χ2n) is 9.83. The van der Waals surface area contributed by atoms with Gasteiger partial charge in [0.25, 0.3) is 0 Å². The molecule has 7 atom stereocenters. The van der Waals surface area contributed by atoms with Crippen LogP contribution in [0, 0.1) is 5.92 Å². The number of hydroxylamine groups is 1. The van der Waals surface area contributed by atoms with Crippen LogP contribution in [-0.2, 0) is 9.57 Å². The number of rotatable bonds is 5. The Bertz CT molecular complexity index is 513. The molecule has 0 radical (unpaired) electrons. The van der Waals surface area contributed by atoms with E-state index in [9.17, 15) is 0 Å². The zero-order valence-electron chi connectivity index (χ0n) is 17.9. The van der Waals surface area contributed by atoms with Crippen LogP contribution >= 0.6 is 0 Å². The van der Waals surface area contributed by atoms with Crippen LogP contribution in [0.3, 0.4) is 0 Å². The summed E-state index contributed by atoms with van der Waals surface area (Å²) in [4.78, 5) is 10.5. The van der Waals surface area contributed by atoms with E-state index in [2.05, 4.69) is 26.3 Å². The number of nitrogens with one attached hydrogen (secondary N) is 4. The van der Waals surface area contributed by atoms with Crippen molar-refractivity contribution >= 4 is 0 Å². The lowest BCUT2D eigenvalue weighted by molar-refractivity contribution is -0.917. The highest BCUT2D eigenvalue weighted by molar-refractivity contribution is 4.85. The number of ether oxygens (including phenoxy) is 1. The lowest BCUT2D eigenvalue weighted by atomic mass is 9.92. The topological polar surface area (TPSA) is 78.8 Å². The highest BCUT2D eigenvalue weighted by Crippen LogP contribution is 2.22. The zero-order chi connectivity index (χ0) is 19.5. The van der Waals surface area contributed by atoms with Crippen LogP contribution < -0.4 is 26.3 Å². The van der Waals surface area contributed by atoms with Gasteiger partial charge in [-0.2, -0.15) is 5.48 Å². The van der Waals surface area contributed by atoms with Crippen molar-refractivity contribution in [2.75, 3.05) is 52.5 Å². The van der Waals surface area contributed by atoms with Crippen LogP contribution in [0.5, 0.6) is 0 Å². The minimum Gasteiger partial charge on any atom is -0.379 e. The first kappa shape index (κ1) is 20.6. The minimum atomic E-state index is 0.161. The van der Waals surface area contributed by atoms with Crippen molar-refractivity contribution in [2.45, 2.75) is 75.6 Å². The van der Waals surface area contributed by atoms with Crippen LogP contribution in [0.1, 0.15) is 44.9 Å². The van der Waals surface area contributed by atoms with E-state index in [1.54, 1.807) is 4.90 Å². The first-order chi connectivity index (χ1) is 14.4. The SMILES string of the molecule is C1CCC(C[NH+]2CCCC2C2NC(C3CC[NH2+]C(N4CCOCC4)C3)NO2)NC1. The Hall–Kier alpha value is -0.320. The van der Waals surface area contributed by atoms with Gasteiger partial charge in [0.05, 0.1) is 45.1 Å². The number of nitrogens with zero attached hydrogens (tertiary/aromatic N) is 1. The number of hydrogen-bond donors (Lipinski definition) is 5. The Balaban J connectivity index is 1.13. The van der Waals surface area contributed by atoms with Gasteiger partial charge < -0.3 is 20.3 Å². The molecule has 8 nitrogen and oxygen atoms in total. The molecule has 7 unspecified atom stereocenters. The molecule has 29 heavy (non-hydrogen) atoms. The fourth-order valence-corrected chi connectivity index (χ4v) is 6.33. The van der Waals surface area contributed by atoms with Crippen molar-refractivity contribution in [1.82, 2.24) is 21.0 Å². The Kier molecular flexibility index (Phi) is 7.00. The third-order valence-electron chi connectivity index (χ3n) is 8.00. The summed E-state index contributed by atoms with van der Waals surface area (Å²) in [6.45, 7) is 8.90. The van der Waals surface area contributed by atoms with E-state index in [1.165, 1.54) is 71.1 Å². The van der Waals surface area contributed by atoms with Gasteiger partial charge in [-0.25, -0.2) is 4.90 Å². The van der Waals surface area contributed by atoms with Crippen molar-refractivity contribution < 1.29 is 19.8 Å². The lowest BCUT2D eigenvalue weighted by Crippen LogP contribution is -3.16. The minimum absolute atomic E-state index is 0.161. The van der Waals surface area contributed by atoms with Crippen molar-refractivity contribution in [3.8, 4) is 0 Å². The average molecular weight is 411 g/mol. The van der Waals surface area contributed by atoms with Gasteiger partial charge in [-0.3, -0.25) is 10.2 Å². The molecule has 0 aromatic heterocycles. The summed E-state index contributed by atoms with van der Waals surface area (Å²) in [7, 11) is 0. The highest BCUT2D eigenvalue weighted by Gasteiger charge is 2.44. The maximum absolute atomic E-state index is 6.16. The predicted molar refractivity (Wildman–Crippen MR) is 110 cm³/mol. The van der Waals surface area contributed by atoms with Crippen molar-refractivity contribution in [1.29, 1.82) is 0 Å². The molecule has 0 aromatic carbocycles. The van der Waals surface area contributed by atoms with Gasteiger partial charge >= 0.3 is 0 Å². The fraction of sp³-hybridized carbons (Fsp3) is 1.00. The molecule has 5 aliphatic rings. The Morgan fingerprint density at radius 3 is 2.86 bits per heavy atom. The number of hydrogen-bond acceptors (Lipinski definition) is 6. The largest absolute Gasteiger partial charge is 0.379 e. The molecule has 5 saturated heterocycles. The molecule has 5 heterocycles. The summed E-state index contributed by atoms with van der Waals surface area (Å²) in [5.74, 6) is 0.641. The summed E-state index contributed by atoms with van der Waals surface area (Å²) in [6.07, 6.45) is 10.2. The lowest BCUT2D eigenvalue weighted by Gasteiger charge is -2.38. The molecule has 5 aliphatic heterocycles. The molecule has 8 heteroatoms. The third kappa shape index (κ3) is 4.96. The smallest absolute Gasteiger partial charge is 0.183 e. The Labute approximate surface area is 175 Å². The van der Waals surface area contributed by atoms with Gasteiger partial charge in [-0.15, -0.1) is 0 Å². The van der Waals surface area contributed by atoms with Crippen molar-refractivity contribution in [2.24, 2.45) is 5.92 Å². The molecule has 0 aliphatic carbocycles. The molecule has 5 fully saturated rings. The summed E-state index contributed by atoms with van der Waals surface area (Å²) in [5.41, 5.74) is 3.40. The van der Waals surface area contributed by atoms with E-state index >= 15 is 0 Å². The van der Waals surface area contributed by atoms with E-state index < -0.39 is 0 Å². The van der Waals surface area contributed by atoms with Gasteiger partial charge in [-0.1, -0.05) is 6.42 Å². The summed E-state index contributed by atoms with van der Waals surface area (Å²) >= 11 is 0. The molecule has 0 bridgehead atoms. The molecule has 0 spiro atoms. The van der Waals surface area contributed by atoms with Crippen LogP contribution in [0.4, 0.5) is 0 Å². The van der Waals surface area contributed by atoms with Crippen LogP contribution in [0.2, 0.25) is 0 Å². The Morgan fingerprint density at radius 2 is 2.00 bits per heavy atom. The van der Waals surface area contributed by atoms with Crippen molar-refractivity contribution in [3.05, 3.63) is 0 Å². The molecule has 166 valence electrons. The fourth-order valence-electron chi connectivity index (χ4n) is 6.33. The van der Waals surface area contributed by atoms with Gasteiger partial charge in [0, 0.05) is 44.7 Å². The zero-order valence-corrected chi connectivity index (χ0v) is 17.9. The first-order valence-corrected chi connectivity index (χ1v) is 12.3. The average Bonchev–Trinajstić information content (AvgIpc) is 3.45. The molecule has 0 amide bonds. The van der Waals surface area contributed by atoms with E-state index in [-0.39, 0.29) is 6.23 Å². The van der Waals surface area contributed by atoms with Gasteiger partial charge in [0.1, 0.15) is 12.2 Å². The number of nitrogens with two attached hydrogens (primary N) is 1.